The smallest absolute Gasteiger partial charge is 0.173 e. The predicted molar refractivity (Wildman–Crippen MR) is 227 cm³/mol. The van der Waals surface area contributed by atoms with Crippen molar-refractivity contribution in [2.24, 2.45) is 0 Å². The maximum Gasteiger partial charge on any atom is 0.173 e. The van der Waals surface area contributed by atoms with Crippen LogP contribution in [0.15, 0.2) is 176 Å². The van der Waals surface area contributed by atoms with Gasteiger partial charge in [0.05, 0.1) is 11.4 Å². The third kappa shape index (κ3) is 5.11. The zero-order chi connectivity index (χ0) is 35.6. The zero-order valence-corrected chi connectivity index (χ0v) is 30.4. The van der Waals surface area contributed by atoms with Crippen LogP contribution in [-0.2, 0) is 0 Å². The zero-order valence-electron chi connectivity index (χ0n) is 28.8. The molecule has 0 unspecified atom stereocenters. The Hall–Kier alpha value is -6.60. The highest BCUT2D eigenvalue weighted by atomic mass is 32.1. The summed E-state index contributed by atoms with van der Waals surface area (Å²) in [5.41, 5.74) is 9.83. The van der Waals surface area contributed by atoms with E-state index in [1.54, 1.807) is 0 Å². The molecule has 0 saturated carbocycles. The molecule has 8 aromatic carbocycles. The third-order valence-corrected chi connectivity index (χ3v) is 12.3. The van der Waals surface area contributed by atoms with Gasteiger partial charge in [-0.05, 0) is 99.2 Å². The van der Waals surface area contributed by atoms with Crippen LogP contribution in [0, 0.1) is 0 Å². The van der Waals surface area contributed by atoms with E-state index in [4.69, 9.17) is 14.1 Å². The first-order chi connectivity index (χ1) is 26.7. The number of nitrogens with zero attached hydrogens (tertiary/aromatic N) is 3. The summed E-state index contributed by atoms with van der Waals surface area (Å²) in [6.07, 6.45) is 0. The fourth-order valence-electron chi connectivity index (χ4n) is 7.66. The number of hydrogen-bond donors (Lipinski definition) is 0. The molecule has 0 aliphatic carbocycles. The van der Waals surface area contributed by atoms with E-state index in [1.807, 2.05) is 23.5 Å². The molecule has 6 heteroatoms. The van der Waals surface area contributed by atoms with Gasteiger partial charge in [0.25, 0.3) is 0 Å². The normalized spacial score (nSPS) is 12.2. The van der Waals surface area contributed by atoms with Crippen LogP contribution in [0.25, 0.3) is 75.2 Å². The van der Waals surface area contributed by atoms with E-state index in [9.17, 15) is 0 Å². The lowest BCUT2D eigenvalue weighted by atomic mass is 9.98. The highest BCUT2D eigenvalue weighted by Gasteiger charge is 2.26. The summed E-state index contributed by atoms with van der Waals surface area (Å²) in [7, 11) is 0. The van der Waals surface area contributed by atoms with E-state index < -0.39 is 0 Å². The molecule has 0 amide bonds. The average Bonchev–Trinajstić information content (AvgIpc) is 3.89. The first kappa shape index (κ1) is 31.0. The molecule has 10 aromatic rings. The highest BCUT2D eigenvalue weighted by molar-refractivity contribution is 7.26. The fourth-order valence-corrected chi connectivity index (χ4v) is 9.59. The molecule has 0 bridgehead atoms. The van der Waals surface area contributed by atoms with Crippen molar-refractivity contribution in [3.63, 3.8) is 0 Å². The number of para-hydroxylation sites is 2. The lowest BCUT2D eigenvalue weighted by Crippen LogP contribution is -2.15. The van der Waals surface area contributed by atoms with Gasteiger partial charge < -0.3 is 9.64 Å². The lowest BCUT2D eigenvalue weighted by molar-refractivity contribution is 0.477. The Bertz CT molecular complexity index is 3030. The molecule has 4 nitrogen and oxygen atoms in total. The summed E-state index contributed by atoms with van der Waals surface area (Å²) in [5, 5.41) is 5.98. The standard InChI is InChI=1S/C48H29N3OS2/c1-2-11-36-30(9-1)10-7-13-37(36)31-19-21-33(22-20-31)48-49-47(50-54-48)32-23-26-35(27-24-32)51-41-16-4-5-17-43(41)52-44-29-34(25-28-42(44)51)38-14-8-15-40-39-12-3-6-18-45(39)53-46(38)40/h1-29H. The van der Waals surface area contributed by atoms with Gasteiger partial charge in [-0.25, -0.2) is 4.98 Å². The monoisotopic (exact) mass is 727 g/mol. The number of fused-ring (bicyclic) bond motifs is 6. The van der Waals surface area contributed by atoms with E-state index in [2.05, 4.69) is 169 Å². The minimum absolute atomic E-state index is 0.725. The Morgan fingerprint density at radius 2 is 1.15 bits per heavy atom. The molecule has 11 rings (SSSR count). The number of ether oxygens (including phenoxy) is 1. The Morgan fingerprint density at radius 1 is 0.481 bits per heavy atom. The topological polar surface area (TPSA) is 38.2 Å². The van der Waals surface area contributed by atoms with Gasteiger partial charge in [-0.2, -0.15) is 4.37 Å². The van der Waals surface area contributed by atoms with Crippen LogP contribution in [0.5, 0.6) is 11.5 Å². The van der Waals surface area contributed by atoms with E-state index in [-0.39, 0.29) is 0 Å². The van der Waals surface area contributed by atoms with Crippen molar-refractivity contribution in [3.05, 3.63) is 176 Å². The highest BCUT2D eigenvalue weighted by Crippen LogP contribution is 2.52. The molecule has 3 heterocycles. The second-order valence-electron chi connectivity index (χ2n) is 13.4. The van der Waals surface area contributed by atoms with Crippen molar-refractivity contribution in [2.75, 3.05) is 4.90 Å². The van der Waals surface area contributed by atoms with Gasteiger partial charge in [0.15, 0.2) is 17.3 Å². The Balaban J connectivity index is 0.903. The summed E-state index contributed by atoms with van der Waals surface area (Å²) >= 11 is 3.27. The van der Waals surface area contributed by atoms with Crippen molar-refractivity contribution in [3.8, 4) is 55.7 Å². The number of hydrogen-bond acceptors (Lipinski definition) is 6. The average molecular weight is 728 g/mol. The van der Waals surface area contributed by atoms with E-state index >= 15 is 0 Å². The van der Waals surface area contributed by atoms with Gasteiger partial charge in [0.2, 0.25) is 0 Å². The molecule has 0 spiro atoms. The minimum atomic E-state index is 0.725. The second-order valence-corrected chi connectivity index (χ2v) is 15.2. The molecule has 1 aliphatic heterocycles. The van der Waals surface area contributed by atoms with Crippen LogP contribution >= 0.6 is 22.9 Å². The summed E-state index contributed by atoms with van der Waals surface area (Å²) < 4.78 is 14.0. The SMILES string of the molecule is c1ccc2c(c1)Oc1cc(-c3cccc4c3sc3ccccc34)ccc1N2c1ccc(-c2nsc(-c3ccc(-c4cccc5ccccc45)cc3)n2)cc1. The van der Waals surface area contributed by atoms with Crippen molar-refractivity contribution in [1.29, 1.82) is 0 Å². The maximum atomic E-state index is 6.59. The maximum absolute atomic E-state index is 6.59. The third-order valence-electron chi connectivity index (χ3n) is 10.3. The quantitative estimate of drug-likeness (QED) is 0.177. The first-order valence-corrected chi connectivity index (χ1v) is 19.5. The molecule has 0 N–H and O–H groups in total. The predicted octanol–water partition coefficient (Wildman–Crippen LogP) is 14.3. The van der Waals surface area contributed by atoms with Crippen LogP contribution < -0.4 is 9.64 Å². The van der Waals surface area contributed by atoms with Gasteiger partial charge in [0, 0.05) is 37.0 Å². The van der Waals surface area contributed by atoms with E-state index in [0.29, 0.717) is 0 Å². The molecule has 0 fully saturated rings. The largest absolute Gasteiger partial charge is 0.453 e. The number of rotatable bonds is 5. The molecule has 54 heavy (non-hydrogen) atoms. The van der Waals surface area contributed by atoms with Crippen LogP contribution in [0.2, 0.25) is 0 Å². The fraction of sp³-hybridized carbons (Fsp3) is 0. The van der Waals surface area contributed by atoms with Crippen LogP contribution in [0.1, 0.15) is 0 Å². The van der Waals surface area contributed by atoms with Gasteiger partial charge in [-0.3, -0.25) is 0 Å². The van der Waals surface area contributed by atoms with Crippen molar-refractivity contribution in [2.45, 2.75) is 0 Å². The van der Waals surface area contributed by atoms with Gasteiger partial charge in [-0.15, -0.1) is 11.3 Å². The van der Waals surface area contributed by atoms with Crippen molar-refractivity contribution in [1.82, 2.24) is 9.36 Å². The van der Waals surface area contributed by atoms with E-state index in [0.717, 1.165) is 56.1 Å². The second kappa shape index (κ2) is 12.5. The number of aromatic nitrogens is 2. The van der Waals surface area contributed by atoms with Crippen LogP contribution in [0.4, 0.5) is 17.1 Å². The molecule has 0 atom stereocenters. The van der Waals surface area contributed by atoms with Crippen LogP contribution in [-0.4, -0.2) is 9.36 Å². The summed E-state index contributed by atoms with van der Waals surface area (Å²) in [6.45, 7) is 0. The molecule has 1 aliphatic rings. The number of thiophene rings is 1. The van der Waals surface area contributed by atoms with Gasteiger partial charge in [-0.1, -0.05) is 121 Å². The molecule has 0 saturated heterocycles. The first-order valence-electron chi connectivity index (χ1n) is 17.9. The molecular formula is C48H29N3OS2. The summed E-state index contributed by atoms with van der Waals surface area (Å²) in [4.78, 5) is 7.24. The van der Waals surface area contributed by atoms with Crippen molar-refractivity contribution >= 4 is 70.9 Å². The van der Waals surface area contributed by atoms with Crippen LogP contribution in [0.3, 0.4) is 0 Å². The molecule has 0 radical (unpaired) electrons. The lowest BCUT2D eigenvalue weighted by Gasteiger charge is -2.33. The minimum Gasteiger partial charge on any atom is -0.453 e. The number of anilines is 3. The Labute approximate surface area is 320 Å². The van der Waals surface area contributed by atoms with Gasteiger partial charge in [0.1, 0.15) is 5.01 Å². The molecule has 2 aromatic heterocycles. The molecular weight excluding hydrogens is 699 g/mol. The summed E-state index contributed by atoms with van der Waals surface area (Å²) in [5.74, 6) is 2.37. The number of benzene rings is 8. The van der Waals surface area contributed by atoms with E-state index in [1.165, 1.54) is 59.2 Å². The molecule has 254 valence electrons. The summed E-state index contributed by atoms with van der Waals surface area (Å²) in [6, 6.07) is 62.2. The van der Waals surface area contributed by atoms with Crippen molar-refractivity contribution < 1.29 is 4.74 Å². The Morgan fingerprint density at radius 3 is 2.06 bits per heavy atom. The van der Waals surface area contributed by atoms with Gasteiger partial charge >= 0.3 is 0 Å². The Kier molecular flexibility index (Phi) is 7.18.